The highest BCUT2D eigenvalue weighted by atomic mass is 16.5. The van der Waals surface area contributed by atoms with Gasteiger partial charge in [-0.2, -0.15) is 0 Å². The lowest BCUT2D eigenvalue weighted by Crippen LogP contribution is -2.36. The van der Waals surface area contributed by atoms with E-state index in [0.717, 1.165) is 30.6 Å². The Morgan fingerprint density at radius 2 is 2.00 bits per heavy atom. The third kappa shape index (κ3) is 3.44. The van der Waals surface area contributed by atoms with E-state index in [2.05, 4.69) is 5.32 Å². The van der Waals surface area contributed by atoms with Gasteiger partial charge >= 0.3 is 5.97 Å². The van der Waals surface area contributed by atoms with Crippen LogP contribution in [-0.2, 0) is 4.79 Å². The molecule has 1 saturated heterocycles. The van der Waals surface area contributed by atoms with Crippen LogP contribution in [0.25, 0.3) is 0 Å². The number of ether oxygens (including phenoxy) is 2. The summed E-state index contributed by atoms with van der Waals surface area (Å²) in [6, 6.07) is 5.47. The van der Waals surface area contributed by atoms with Gasteiger partial charge in [0.2, 0.25) is 0 Å². The van der Waals surface area contributed by atoms with Gasteiger partial charge in [0, 0.05) is 12.0 Å². The zero-order chi connectivity index (χ0) is 16.4. The molecular formula is C18H25NO4. The number of rotatable bonds is 5. The number of nitrogens with one attached hydrogen (secondary N) is 1. The van der Waals surface area contributed by atoms with Crippen molar-refractivity contribution in [1.29, 1.82) is 0 Å². The van der Waals surface area contributed by atoms with Gasteiger partial charge in [0.15, 0.2) is 11.5 Å². The topological polar surface area (TPSA) is 67.8 Å². The Hall–Kier alpha value is -1.75. The first-order valence-electron chi connectivity index (χ1n) is 8.42. The van der Waals surface area contributed by atoms with Crippen LogP contribution in [-0.4, -0.2) is 36.4 Å². The normalized spacial score (nSPS) is 28.0. The van der Waals surface area contributed by atoms with Crippen molar-refractivity contribution in [2.75, 3.05) is 7.11 Å². The minimum Gasteiger partial charge on any atom is -0.493 e. The Balaban J connectivity index is 1.85. The summed E-state index contributed by atoms with van der Waals surface area (Å²) in [5, 5.41) is 12.6. The van der Waals surface area contributed by atoms with Crippen LogP contribution in [0.1, 0.15) is 50.5 Å². The zero-order valence-corrected chi connectivity index (χ0v) is 13.7. The number of benzene rings is 1. The summed E-state index contributed by atoms with van der Waals surface area (Å²) in [7, 11) is 1.63. The molecule has 3 atom stereocenters. The van der Waals surface area contributed by atoms with Crippen molar-refractivity contribution in [1.82, 2.24) is 5.32 Å². The van der Waals surface area contributed by atoms with Crippen LogP contribution in [0.15, 0.2) is 18.2 Å². The van der Waals surface area contributed by atoms with Gasteiger partial charge in [-0.15, -0.1) is 0 Å². The third-order valence-electron chi connectivity index (χ3n) is 4.95. The Kier molecular flexibility index (Phi) is 4.76. The molecule has 0 radical (unpaired) electrons. The van der Waals surface area contributed by atoms with Crippen molar-refractivity contribution < 1.29 is 19.4 Å². The molecule has 1 aliphatic heterocycles. The van der Waals surface area contributed by atoms with Gasteiger partial charge < -0.3 is 19.9 Å². The molecular weight excluding hydrogens is 294 g/mol. The summed E-state index contributed by atoms with van der Waals surface area (Å²) in [6.45, 7) is 2.02. The van der Waals surface area contributed by atoms with Crippen LogP contribution in [0, 0.1) is 0 Å². The molecule has 2 fully saturated rings. The largest absolute Gasteiger partial charge is 0.493 e. The summed E-state index contributed by atoms with van der Waals surface area (Å²) in [6.07, 6.45) is 5.62. The molecule has 3 rings (SSSR count). The highest BCUT2D eigenvalue weighted by Gasteiger charge is 2.37. The fourth-order valence-electron chi connectivity index (χ4n) is 3.78. The quantitative estimate of drug-likeness (QED) is 0.873. The van der Waals surface area contributed by atoms with E-state index >= 15 is 0 Å². The van der Waals surface area contributed by atoms with Crippen molar-refractivity contribution in [2.24, 2.45) is 0 Å². The number of methoxy groups -OCH3 is 1. The zero-order valence-electron chi connectivity index (χ0n) is 13.7. The number of aliphatic carboxylic acids is 1. The van der Waals surface area contributed by atoms with Crippen molar-refractivity contribution in [2.45, 2.75) is 63.1 Å². The smallest absolute Gasteiger partial charge is 0.321 e. The van der Waals surface area contributed by atoms with Crippen molar-refractivity contribution in [3.63, 3.8) is 0 Å². The molecule has 1 aromatic rings. The lowest BCUT2D eigenvalue weighted by molar-refractivity contribution is -0.139. The fraction of sp³-hybridized carbons (Fsp3) is 0.611. The van der Waals surface area contributed by atoms with E-state index in [-0.39, 0.29) is 18.1 Å². The lowest BCUT2D eigenvalue weighted by atomic mass is 9.90. The standard InChI is InChI=1S/C18H25NO4/c1-11-9-14(17(19-11)18(20)21)12-7-8-15(22-2)16(10-12)23-13-5-3-4-6-13/h7-8,10-11,13-14,17,19H,3-6,9H2,1-2H3,(H,20,21). The summed E-state index contributed by atoms with van der Waals surface area (Å²) in [5.41, 5.74) is 1.00. The van der Waals surface area contributed by atoms with Gasteiger partial charge in [-0.05, 0) is 56.7 Å². The van der Waals surface area contributed by atoms with E-state index in [9.17, 15) is 9.90 Å². The molecule has 5 nitrogen and oxygen atoms in total. The van der Waals surface area contributed by atoms with E-state index in [0.29, 0.717) is 5.75 Å². The molecule has 23 heavy (non-hydrogen) atoms. The SMILES string of the molecule is COc1ccc(C2CC(C)NC2C(=O)O)cc1OC1CCCC1. The van der Waals surface area contributed by atoms with Gasteiger partial charge in [-0.1, -0.05) is 6.07 Å². The van der Waals surface area contributed by atoms with E-state index in [4.69, 9.17) is 9.47 Å². The van der Waals surface area contributed by atoms with Crippen molar-refractivity contribution in [3.05, 3.63) is 23.8 Å². The first-order valence-corrected chi connectivity index (χ1v) is 8.42. The molecule has 0 bridgehead atoms. The fourth-order valence-corrected chi connectivity index (χ4v) is 3.78. The van der Waals surface area contributed by atoms with Crippen LogP contribution in [0.2, 0.25) is 0 Å². The van der Waals surface area contributed by atoms with Gasteiger partial charge in [0.05, 0.1) is 13.2 Å². The maximum absolute atomic E-state index is 11.5. The molecule has 1 heterocycles. The van der Waals surface area contributed by atoms with Crippen LogP contribution in [0.3, 0.4) is 0 Å². The predicted octanol–water partition coefficient (Wildman–Crippen LogP) is 2.94. The minimum absolute atomic E-state index is 0.0423. The summed E-state index contributed by atoms with van der Waals surface area (Å²) < 4.78 is 11.5. The van der Waals surface area contributed by atoms with Gasteiger partial charge in [0.1, 0.15) is 6.04 Å². The maximum atomic E-state index is 11.5. The summed E-state index contributed by atoms with van der Waals surface area (Å²) in [5.74, 6) is 0.611. The molecule has 126 valence electrons. The van der Waals surface area contributed by atoms with Crippen molar-refractivity contribution in [3.8, 4) is 11.5 Å². The molecule has 2 aliphatic rings. The third-order valence-corrected chi connectivity index (χ3v) is 4.95. The summed E-state index contributed by atoms with van der Waals surface area (Å²) in [4.78, 5) is 11.5. The number of hydrogen-bond acceptors (Lipinski definition) is 4. The van der Waals surface area contributed by atoms with Crippen LogP contribution in [0.4, 0.5) is 0 Å². The predicted molar refractivity (Wildman–Crippen MR) is 87.3 cm³/mol. The van der Waals surface area contributed by atoms with E-state index in [1.807, 2.05) is 25.1 Å². The first-order chi connectivity index (χ1) is 11.1. The number of hydrogen-bond donors (Lipinski definition) is 2. The molecule has 1 aromatic carbocycles. The molecule has 3 unspecified atom stereocenters. The van der Waals surface area contributed by atoms with Crippen LogP contribution >= 0.6 is 0 Å². The average molecular weight is 319 g/mol. The molecule has 0 spiro atoms. The van der Waals surface area contributed by atoms with E-state index in [1.165, 1.54) is 12.8 Å². The van der Waals surface area contributed by atoms with E-state index in [1.54, 1.807) is 7.11 Å². The van der Waals surface area contributed by atoms with Crippen LogP contribution < -0.4 is 14.8 Å². The molecule has 1 saturated carbocycles. The second-order valence-electron chi connectivity index (χ2n) is 6.66. The molecule has 2 N–H and O–H groups in total. The molecule has 5 heteroatoms. The first kappa shape index (κ1) is 16.1. The molecule has 0 amide bonds. The van der Waals surface area contributed by atoms with Crippen LogP contribution in [0.5, 0.6) is 11.5 Å². The summed E-state index contributed by atoms with van der Waals surface area (Å²) >= 11 is 0. The van der Waals surface area contributed by atoms with E-state index < -0.39 is 12.0 Å². The molecule has 1 aliphatic carbocycles. The second-order valence-corrected chi connectivity index (χ2v) is 6.66. The number of carbonyl (C=O) groups is 1. The lowest BCUT2D eigenvalue weighted by Gasteiger charge is -2.20. The highest BCUT2D eigenvalue weighted by Crippen LogP contribution is 2.38. The Morgan fingerprint density at radius 1 is 1.26 bits per heavy atom. The Morgan fingerprint density at radius 3 is 2.65 bits per heavy atom. The number of carboxylic acid groups (broad SMARTS) is 1. The van der Waals surface area contributed by atoms with Gasteiger partial charge in [-0.3, -0.25) is 4.79 Å². The second kappa shape index (κ2) is 6.79. The van der Waals surface area contributed by atoms with Gasteiger partial charge in [-0.25, -0.2) is 0 Å². The molecule has 0 aromatic heterocycles. The van der Waals surface area contributed by atoms with Crippen molar-refractivity contribution >= 4 is 5.97 Å². The number of carboxylic acids is 1. The maximum Gasteiger partial charge on any atom is 0.321 e. The Bertz CT molecular complexity index is 568. The monoisotopic (exact) mass is 319 g/mol. The minimum atomic E-state index is -0.798. The highest BCUT2D eigenvalue weighted by molar-refractivity contribution is 5.75. The van der Waals surface area contributed by atoms with Gasteiger partial charge in [0.25, 0.3) is 0 Å². The Labute approximate surface area is 137 Å². The average Bonchev–Trinajstić information content (AvgIpc) is 3.16.